The lowest BCUT2D eigenvalue weighted by Gasteiger charge is -2.49. The number of piperidine rings is 1. The van der Waals surface area contributed by atoms with Gasteiger partial charge in [0, 0.05) is 12.1 Å². The maximum atomic E-state index is 12.9. The van der Waals surface area contributed by atoms with E-state index in [1.165, 1.54) is 0 Å². The normalized spacial score (nSPS) is 44.8. The highest BCUT2D eigenvalue weighted by atomic mass is 32.1. The van der Waals surface area contributed by atoms with Crippen LogP contribution in [0, 0.1) is 11.3 Å². The summed E-state index contributed by atoms with van der Waals surface area (Å²) in [6, 6.07) is 0.395. The molecular formula is C14H22N2O2S. The number of fused-ring (bicyclic) bond motifs is 2. The average molecular weight is 282 g/mol. The number of nitrogens with zero attached hydrogens (tertiary/aromatic N) is 1. The van der Waals surface area contributed by atoms with Gasteiger partial charge in [-0.3, -0.25) is 4.79 Å². The molecule has 1 saturated carbocycles. The zero-order valence-electron chi connectivity index (χ0n) is 11.3. The number of aliphatic hydroxyl groups is 1. The summed E-state index contributed by atoms with van der Waals surface area (Å²) in [6.45, 7) is 2.14. The van der Waals surface area contributed by atoms with E-state index in [4.69, 9.17) is 18.0 Å². The third-order valence-electron chi connectivity index (χ3n) is 5.22. The van der Waals surface area contributed by atoms with Crippen LogP contribution in [0.4, 0.5) is 0 Å². The standard InChI is InChI=1S/C14H22N2O2S/c1-8-6-14(7-8,12(15)19)13(18)16-9-2-3-10(16)5-11(17)4-9/h8-11,17H,2-7H2,1H3,(H2,15,19). The Balaban J connectivity index is 1.83. The third kappa shape index (κ3) is 1.89. The molecule has 2 heterocycles. The van der Waals surface area contributed by atoms with Crippen molar-refractivity contribution >= 4 is 23.1 Å². The first-order chi connectivity index (χ1) is 8.94. The van der Waals surface area contributed by atoms with Crippen LogP contribution in [0.3, 0.4) is 0 Å². The zero-order chi connectivity index (χ0) is 13.8. The number of aliphatic hydroxyl groups excluding tert-OH is 1. The maximum absolute atomic E-state index is 12.9. The van der Waals surface area contributed by atoms with Crippen LogP contribution in [0.5, 0.6) is 0 Å². The Morgan fingerprint density at radius 3 is 2.26 bits per heavy atom. The summed E-state index contributed by atoms with van der Waals surface area (Å²) in [5.41, 5.74) is 5.29. The fourth-order valence-electron chi connectivity index (χ4n) is 4.34. The second-order valence-corrected chi connectivity index (χ2v) is 7.12. The van der Waals surface area contributed by atoms with Gasteiger partial charge in [-0.25, -0.2) is 0 Å². The molecule has 2 bridgehead atoms. The molecule has 2 saturated heterocycles. The van der Waals surface area contributed by atoms with Crippen LogP contribution in [0.2, 0.25) is 0 Å². The monoisotopic (exact) mass is 282 g/mol. The van der Waals surface area contributed by atoms with Gasteiger partial charge in [0.2, 0.25) is 5.91 Å². The van der Waals surface area contributed by atoms with Gasteiger partial charge < -0.3 is 15.7 Å². The number of carbonyl (C=O) groups excluding carboxylic acids is 1. The van der Waals surface area contributed by atoms with Crippen LogP contribution in [0.15, 0.2) is 0 Å². The molecular weight excluding hydrogens is 260 g/mol. The largest absolute Gasteiger partial charge is 0.393 e. The molecule has 0 radical (unpaired) electrons. The Labute approximate surface area is 119 Å². The van der Waals surface area contributed by atoms with Crippen molar-refractivity contribution in [3.63, 3.8) is 0 Å². The Morgan fingerprint density at radius 2 is 1.84 bits per heavy atom. The summed E-state index contributed by atoms with van der Waals surface area (Å²) in [6.07, 6.45) is 4.78. The van der Waals surface area contributed by atoms with Gasteiger partial charge in [-0.1, -0.05) is 19.1 Å². The number of hydrogen-bond acceptors (Lipinski definition) is 3. The van der Waals surface area contributed by atoms with E-state index in [1.807, 2.05) is 4.90 Å². The molecule has 2 unspecified atom stereocenters. The van der Waals surface area contributed by atoms with E-state index in [-0.39, 0.29) is 24.1 Å². The van der Waals surface area contributed by atoms with Crippen LogP contribution >= 0.6 is 12.2 Å². The number of amides is 1. The molecule has 0 aromatic carbocycles. The Kier molecular flexibility index (Phi) is 3.09. The second kappa shape index (κ2) is 4.42. The SMILES string of the molecule is CC1CC(C(=O)N2C3CCC2CC(O)C3)(C(N)=S)C1. The molecule has 3 N–H and O–H groups in total. The summed E-state index contributed by atoms with van der Waals surface area (Å²) in [5, 5.41) is 9.83. The summed E-state index contributed by atoms with van der Waals surface area (Å²) in [4.78, 5) is 15.3. The van der Waals surface area contributed by atoms with Crippen molar-refractivity contribution in [2.75, 3.05) is 0 Å². The minimum absolute atomic E-state index is 0.137. The Morgan fingerprint density at radius 1 is 1.32 bits per heavy atom. The van der Waals surface area contributed by atoms with Crippen LogP contribution < -0.4 is 5.73 Å². The van der Waals surface area contributed by atoms with E-state index in [1.54, 1.807) is 0 Å². The summed E-state index contributed by atoms with van der Waals surface area (Å²) >= 11 is 5.18. The van der Waals surface area contributed by atoms with Gasteiger partial charge in [0.05, 0.1) is 16.5 Å². The van der Waals surface area contributed by atoms with Crippen molar-refractivity contribution < 1.29 is 9.90 Å². The molecule has 0 spiro atoms. The van der Waals surface area contributed by atoms with E-state index in [0.717, 1.165) is 25.7 Å². The van der Waals surface area contributed by atoms with Crippen molar-refractivity contribution in [3.05, 3.63) is 0 Å². The van der Waals surface area contributed by atoms with Gasteiger partial charge in [-0.2, -0.15) is 0 Å². The first-order valence-electron chi connectivity index (χ1n) is 7.25. The molecule has 106 valence electrons. The number of nitrogens with two attached hydrogens (primary N) is 1. The van der Waals surface area contributed by atoms with Gasteiger partial charge in [0.1, 0.15) is 0 Å². The highest BCUT2D eigenvalue weighted by Crippen LogP contribution is 2.49. The van der Waals surface area contributed by atoms with Crippen molar-refractivity contribution in [1.29, 1.82) is 0 Å². The van der Waals surface area contributed by atoms with Gasteiger partial charge in [0.15, 0.2) is 0 Å². The fraction of sp³-hybridized carbons (Fsp3) is 0.857. The summed E-state index contributed by atoms with van der Waals surface area (Å²) in [5.74, 6) is 0.663. The molecule has 19 heavy (non-hydrogen) atoms. The maximum Gasteiger partial charge on any atom is 0.236 e. The molecule has 0 aromatic rings. The number of rotatable bonds is 2. The van der Waals surface area contributed by atoms with Gasteiger partial charge >= 0.3 is 0 Å². The van der Waals surface area contributed by atoms with Crippen molar-refractivity contribution in [3.8, 4) is 0 Å². The summed E-state index contributed by atoms with van der Waals surface area (Å²) < 4.78 is 0. The molecule has 1 aliphatic carbocycles. The lowest BCUT2D eigenvalue weighted by atomic mass is 9.61. The molecule has 2 atom stereocenters. The highest BCUT2D eigenvalue weighted by Gasteiger charge is 2.56. The zero-order valence-corrected chi connectivity index (χ0v) is 12.2. The van der Waals surface area contributed by atoms with E-state index in [0.29, 0.717) is 23.7 Å². The summed E-state index contributed by atoms with van der Waals surface area (Å²) in [7, 11) is 0. The smallest absolute Gasteiger partial charge is 0.236 e. The quantitative estimate of drug-likeness (QED) is 0.747. The molecule has 3 fully saturated rings. The van der Waals surface area contributed by atoms with Gasteiger partial charge in [0.25, 0.3) is 0 Å². The average Bonchev–Trinajstić information content (AvgIpc) is 2.56. The number of hydrogen-bond donors (Lipinski definition) is 2. The van der Waals surface area contributed by atoms with Crippen LogP contribution in [0.1, 0.15) is 45.4 Å². The minimum Gasteiger partial charge on any atom is -0.393 e. The molecule has 2 aliphatic heterocycles. The van der Waals surface area contributed by atoms with Gasteiger partial charge in [-0.15, -0.1) is 0 Å². The number of thiocarbonyl (C=S) groups is 1. The van der Waals surface area contributed by atoms with Gasteiger partial charge in [-0.05, 0) is 44.4 Å². The highest BCUT2D eigenvalue weighted by molar-refractivity contribution is 7.80. The van der Waals surface area contributed by atoms with Crippen LogP contribution in [-0.4, -0.2) is 39.1 Å². The van der Waals surface area contributed by atoms with Crippen molar-refractivity contribution in [1.82, 2.24) is 4.90 Å². The van der Waals surface area contributed by atoms with Crippen molar-refractivity contribution in [2.45, 2.75) is 63.6 Å². The first-order valence-corrected chi connectivity index (χ1v) is 7.65. The first kappa shape index (κ1) is 13.3. The van der Waals surface area contributed by atoms with Crippen molar-refractivity contribution in [2.24, 2.45) is 17.1 Å². The number of carbonyl (C=O) groups is 1. The molecule has 0 aromatic heterocycles. The predicted molar refractivity (Wildman–Crippen MR) is 76.5 cm³/mol. The van der Waals surface area contributed by atoms with E-state index >= 15 is 0 Å². The van der Waals surface area contributed by atoms with E-state index < -0.39 is 5.41 Å². The van der Waals surface area contributed by atoms with Crippen LogP contribution in [0.25, 0.3) is 0 Å². The topological polar surface area (TPSA) is 66.6 Å². The Hall–Kier alpha value is -0.680. The fourth-order valence-corrected chi connectivity index (χ4v) is 4.59. The minimum atomic E-state index is -0.585. The van der Waals surface area contributed by atoms with Crippen LogP contribution in [-0.2, 0) is 4.79 Å². The van der Waals surface area contributed by atoms with E-state index in [2.05, 4.69) is 6.92 Å². The third-order valence-corrected chi connectivity index (χ3v) is 5.61. The lowest BCUT2D eigenvalue weighted by molar-refractivity contribution is -0.150. The predicted octanol–water partition coefficient (Wildman–Crippen LogP) is 1.20. The Bertz CT molecular complexity index is 406. The molecule has 3 rings (SSSR count). The molecule has 4 nitrogen and oxygen atoms in total. The molecule has 3 aliphatic rings. The lowest BCUT2D eigenvalue weighted by Crippen LogP contribution is -2.61. The second-order valence-electron chi connectivity index (χ2n) is 6.68. The molecule has 5 heteroatoms. The van der Waals surface area contributed by atoms with E-state index in [9.17, 15) is 9.90 Å². The molecule has 1 amide bonds.